The Balaban J connectivity index is 2.00. The molecule has 1 atom stereocenters. The van der Waals surface area contributed by atoms with E-state index in [2.05, 4.69) is 23.8 Å². The lowest BCUT2D eigenvalue weighted by Crippen LogP contribution is -2.61. The SMILES string of the molecule is C=CC=C(C=C)CCCCCCC(=O)NC1CNC1=O. The Kier molecular flexibility index (Phi) is 7.40. The number of rotatable bonds is 10. The maximum atomic E-state index is 11.5. The van der Waals surface area contributed by atoms with Crippen LogP contribution in [0.15, 0.2) is 37.0 Å². The van der Waals surface area contributed by atoms with Crippen molar-refractivity contribution < 1.29 is 9.59 Å². The summed E-state index contributed by atoms with van der Waals surface area (Å²) in [5, 5.41) is 5.32. The monoisotopic (exact) mass is 276 g/mol. The molecular formula is C16H24N2O2. The molecule has 0 aromatic heterocycles. The van der Waals surface area contributed by atoms with Crippen molar-refractivity contribution in [2.24, 2.45) is 0 Å². The minimum absolute atomic E-state index is 0.0248. The maximum Gasteiger partial charge on any atom is 0.244 e. The Morgan fingerprint density at radius 1 is 1.25 bits per heavy atom. The summed E-state index contributed by atoms with van der Waals surface area (Å²) in [7, 11) is 0. The molecule has 0 aliphatic carbocycles. The fourth-order valence-corrected chi connectivity index (χ4v) is 2.04. The molecule has 1 saturated heterocycles. The van der Waals surface area contributed by atoms with Gasteiger partial charge >= 0.3 is 0 Å². The number of allylic oxidation sites excluding steroid dienone is 4. The number of unbranched alkanes of at least 4 members (excludes halogenated alkanes) is 3. The molecule has 1 heterocycles. The van der Waals surface area contributed by atoms with Crippen molar-refractivity contribution in [1.29, 1.82) is 0 Å². The molecule has 0 aromatic rings. The van der Waals surface area contributed by atoms with E-state index in [-0.39, 0.29) is 17.9 Å². The molecule has 0 spiro atoms. The molecule has 1 aliphatic heterocycles. The Morgan fingerprint density at radius 3 is 2.45 bits per heavy atom. The smallest absolute Gasteiger partial charge is 0.244 e. The molecular weight excluding hydrogens is 252 g/mol. The molecule has 1 aliphatic rings. The molecule has 1 rings (SSSR count). The fraction of sp³-hybridized carbons (Fsp3) is 0.500. The molecule has 1 unspecified atom stereocenters. The quantitative estimate of drug-likeness (QED) is 0.365. The van der Waals surface area contributed by atoms with Gasteiger partial charge in [0.25, 0.3) is 0 Å². The van der Waals surface area contributed by atoms with Gasteiger partial charge in [-0.25, -0.2) is 0 Å². The van der Waals surface area contributed by atoms with Crippen molar-refractivity contribution in [1.82, 2.24) is 10.6 Å². The van der Waals surface area contributed by atoms with E-state index >= 15 is 0 Å². The summed E-state index contributed by atoms with van der Waals surface area (Å²) in [5.74, 6) is -0.104. The molecule has 0 saturated carbocycles. The zero-order valence-corrected chi connectivity index (χ0v) is 12.0. The van der Waals surface area contributed by atoms with Crippen LogP contribution in [0.25, 0.3) is 0 Å². The third-order valence-electron chi connectivity index (χ3n) is 3.35. The van der Waals surface area contributed by atoms with Crippen molar-refractivity contribution >= 4 is 11.8 Å². The van der Waals surface area contributed by atoms with Gasteiger partial charge in [-0.15, -0.1) is 0 Å². The van der Waals surface area contributed by atoms with Gasteiger partial charge in [0, 0.05) is 13.0 Å². The van der Waals surface area contributed by atoms with Crippen LogP contribution in [-0.4, -0.2) is 24.4 Å². The van der Waals surface area contributed by atoms with Crippen LogP contribution in [0.2, 0.25) is 0 Å². The average molecular weight is 276 g/mol. The number of hydrogen-bond acceptors (Lipinski definition) is 2. The lowest BCUT2D eigenvalue weighted by atomic mass is 10.0. The van der Waals surface area contributed by atoms with E-state index in [9.17, 15) is 9.59 Å². The Hall–Kier alpha value is -1.84. The summed E-state index contributed by atoms with van der Waals surface area (Å²) < 4.78 is 0. The van der Waals surface area contributed by atoms with Crippen molar-refractivity contribution in [3.63, 3.8) is 0 Å². The number of nitrogens with one attached hydrogen (secondary N) is 2. The first-order valence-electron chi connectivity index (χ1n) is 7.18. The molecule has 2 amide bonds. The highest BCUT2D eigenvalue weighted by Gasteiger charge is 2.28. The van der Waals surface area contributed by atoms with Crippen LogP contribution in [0.3, 0.4) is 0 Å². The largest absolute Gasteiger partial charge is 0.352 e. The first-order chi connectivity index (χ1) is 9.67. The van der Waals surface area contributed by atoms with Gasteiger partial charge in [0.1, 0.15) is 6.04 Å². The van der Waals surface area contributed by atoms with Gasteiger partial charge in [-0.2, -0.15) is 0 Å². The summed E-state index contributed by atoms with van der Waals surface area (Å²) in [6, 6.07) is -0.304. The summed E-state index contributed by atoms with van der Waals surface area (Å²) in [5.41, 5.74) is 1.20. The Morgan fingerprint density at radius 2 is 1.95 bits per heavy atom. The first kappa shape index (κ1) is 16.2. The Bertz CT molecular complexity index is 399. The van der Waals surface area contributed by atoms with Crippen LogP contribution in [0.5, 0.6) is 0 Å². The molecule has 110 valence electrons. The van der Waals surface area contributed by atoms with Crippen LogP contribution < -0.4 is 10.6 Å². The van der Waals surface area contributed by atoms with E-state index in [1.165, 1.54) is 5.57 Å². The Labute approximate surface area is 121 Å². The number of carbonyl (C=O) groups is 2. The van der Waals surface area contributed by atoms with Crippen LogP contribution in [0.1, 0.15) is 38.5 Å². The van der Waals surface area contributed by atoms with Gasteiger partial charge in [0.15, 0.2) is 0 Å². The zero-order valence-electron chi connectivity index (χ0n) is 12.0. The number of β-lactam (4-membered cyclic amide) rings is 1. The second-order valence-corrected chi connectivity index (χ2v) is 4.96. The highest BCUT2D eigenvalue weighted by molar-refractivity contribution is 5.92. The van der Waals surface area contributed by atoms with E-state index in [4.69, 9.17) is 0 Å². The highest BCUT2D eigenvalue weighted by Crippen LogP contribution is 2.12. The van der Waals surface area contributed by atoms with Gasteiger partial charge < -0.3 is 10.6 Å². The number of carbonyl (C=O) groups excluding carboxylic acids is 2. The molecule has 4 nitrogen and oxygen atoms in total. The molecule has 0 radical (unpaired) electrons. The maximum absolute atomic E-state index is 11.5. The minimum Gasteiger partial charge on any atom is -0.352 e. The summed E-state index contributed by atoms with van der Waals surface area (Å²) in [6.07, 6.45) is 11.2. The second-order valence-electron chi connectivity index (χ2n) is 4.96. The normalized spacial score (nSPS) is 17.9. The van der Waals surface area contributed by atoms with Crippen molar-refractivity contribution in [2.45, 2.75) is 44.6 Å². The van der Waals surface area contributed by atoms with E-state index in [0.29, 0.717) is 13.0 Å². The highest BCUT2D eigenvalue weighted by atomic mass is 16.2. The predicted molar refractivity (Wildman–Crippen MR) is 81.1 cm³/mol. The average Bonchev–Trinajstić information content (AvgIpc) is 2.45. The van der Waals surface area contributed by atoms with Crippen LogP contribution in [0, 0.1) is 0 Å². The third-order valence-corrected chi connectivity index (χ3v) is 3.35. The molecule has 0 bridgehead atoms. The number of hydrogen-bond donors (Lipinski definition) is 2. The van der Waals surface area contributed by atoms with Crippen molar-refractivity contribution in [3.8, 4) is 0 Å². The van der Waals surface area contributed by atoms with E-state index in [1.807, 2.05) is 12.2 Å². The lowest BCUT2D eigenvalue weighted by molar-refractivity contribution is -0.133. The molecule has 20 heavy (non-hydrogen) atoms. The molecule has 4 heteroatoms. The van der Waals surface area contributed by atoms with E-state index < -0.39 is 0 Å². The first-order valence-corrected chi connectivity index (χ1v) is 7.18. The molecule has 0 aromatic carbocycles. The van der Waals surface area contributed by atoms with Gasteiger partial charge in [0.2, 0.25) is 11.8 Å². The fourth-order valence-electron chi connectivity index (χ4n) is 2.04. The summed E-state index contributed by atoms with van der Waals surface area (Å²) in [4.78, 5) is 22.5. The minimum atomic E-state index is -0.304. The van der Waals surface area contributed by atoms with Crippen LogP contribution in [0.4, 0.5) is 0 Å². The predicted octanol–water partition coefficient (Wildman–Crippen LogP) is 2.24. The topological polar surface area (TPSA) is 58.2 Å². The van der Waals surface area contributed by atoms with Gasteiger partial charge in [-0.05, 0) is 24.8 Å². The standard InChI is InChI=1S/C16H24N2O2/c1-3-9-13(4-2)10-7-5-6-8-11-15(19)18-14-12-17-16(14)20/h3-4,9,14H,1-2,5-8,10-12H2,(H,17,20)(H,18,19). The second kappa shape index (κ2) is 9.13. The van der Waals surface area contributed by atoms with Crippen molar-refractivity contribution in [2.75, 3.05) is 6.54 Å². The molecule has 1 fully saturated rings. The summed E-state index contributed by atoms with van der Waals surface area (Å²) in [6.45, 7) is 7.99. The van der Waals surface area contributed by atoms with E-state index in [1.54, 1.807) is 6.08 Å². The number of amides is 2. The van der Waals surface area contributed by atoms with Gasteiger partial charge in [-0.1, -0.05) is 44.2 Å². The van der Waals surface area contributed by atoms with Crippen LogP contribution in [-0.2, 0) is 9.59 Å². The van der Waals surface area contributed by atoms with Gasteiger partial charge in [-0.3, -0.25) is 9.59 Å². The van der Waals surface area contributed by atoms with Crippen molar-refractivity contribution in [3.05, 3.63) is 37.0 Å². The lowest BCUT2D eigenvalue weighted by Gasteiger charge is -2.26. The summed E-state index contributed by atoms with van der Waals surface area (Å²) >= 11 is 0. The zero-order chi connectivity index (χ0) is 14.8. The molecule has 2 N–H and O–H groups in total. The van der Waals surface area contributed by atoms with E-state index in [0.717, 1.165) is 32.1 Å². The van der Waals surface area contributed by atoms with Crippen LogP contribution >= 0.6 is 0 Å². The third kappa shape index (κ3) is 5.87. The van der Waals surface area contributed by atoms with Gasteiger partial charge in [0.05, 0.1) is 0 Å².